The first kappa shape index (κ1) is 12.1. The summed E-state index contributed by atoms with van der Waals surface area (Å²) in [6, 6.07) is 9.77. The topological polar surface area (TPSA) is 53.7 Å². The van der Waals surface area contributed by atoms with Crippen LogP contribution in [0.5, 0.6) is 0 Å². The van der Waals surface area contributed by atoms with Gasteiger partial charge in [-0.1, -0.05) is 37.3 Å². The Morgan fingerprint density at radius 2 is 1.67 bits per heavy atom. The van der Waals surface area contributed by atoms with Crippen LogP contribution >= 0.6 is 0 Å². The lowest BCUT2D eigenvalue weighted by molar-refractivity contribution is -0.471. The van der Waals surface area contributed by atoms with Crippen molar-refractivity contribution in [1.29, 1.82) is 0 Å². The molecule has 3 fully saturated rings. The normalized spacial score (nSPS) is 36.6. The molecule has 98 valence electrons. The average molecular weight is 249 g/mol. The van der Waals surface area contributed by atoms with Gasteiger partial charge in [-0.2, -0.15) is 0 Å². The average Bonchev–Trinajstić information content (AvgIpc) is 2.41. The third kappa shape index (κ3) is 2.06. The van der Waals surface area contributed by atoms with Crippen LogP contribution in [0.3, 0.4) is 0 Å². The van der Waals surface area contributed by atoms with E-state index in [0.29, 0.717) is 26.2 Å². The maximum Gasteiger partial charge on any atom is 0.299 e. The van der Waals surface area contributed by atoms with Crippen molar-refractivity contribution in [3.63, 3.8) is 0 Å². The summed E-state index contributed by atoms with van der Waals surface area (Å²) in [4.78, 5) is 0. The Balaban J connectivity index is 1.71. The van der Waals surface area contributed by atoms with Gasteiger partial charge in [0.25, 0.3) is 5.97 Å². The van der Waals surface area contributed by atoms with Gasteiger partial charge in [0.15, 0.2) is 0 Å². The van der Waals surface area contributed by atoms with Gasteiger partial charge in [0.2, 0.25) is 0 Å². The minimum atomic E-state index is -1.05. The lowest BCUT2D eigenvalue weighted by atomic mass is 9.90. The Bertz CT molecular complexity index is 396. The third-order valence-electron chi connectivity index (χ3n) is 3.62. The maximum absolute atomic E-state index is 6.22. The minimum absolute atomic E-state index is 0.0196. The molecule has 3 saturated heterocycles. The Morgan fingerprint density at radius 1 is 1.11 bits per heavy atom. The van der Waals surface area contributed by atoms with Gasteiger partial charge >= 0.3 is 0 Å². The fourth-order valence-corrected chi connectivity index (χ4v) is 2.39. The van der Waals surface area contributed by atoms with Crippen LogP contribution in [0, 0.1) is 5.41 Å². The van der Waals surface area contributed by atoms with Crippen molar-refractivity contribution in [1.82, 2.24) is 0 Å². The molecular weight excluding hydrogens is 230 g/mol. The largest absolute Gasteiger partial charge is 0.325 e. The SMILES string of the molecule is CC12COC([C@@H](N)Cc3ccccc3)(OC1)OC2. The summed E-state index contributed by atoms with van der Waals surface area (Å²) in [6.07, 6.45) is 0.678. The third-order valence-corrected chi connectivity index (χ3v) is 3.62. The molecule has 1 aromatic carbocycles. The first-order valence-corrected chi connectivity index (χ1v) is 6.33. The van der Waals surface area contributed by atoms with Gasteiger partial charge in [0, 0.05) is 5.41 Å². The molecule has 0 aromatic heterocycles. The lowest BCUT2D eigenvalue weighted by Crippen LogP contribution is -2.66. The van der Waals surface area contributed by atoms with Crippen molar-refractivity contribution < 1.29 is 14.2 Å². The predicted octanol–water partition coefficient (Wildman–Crippen LogP) is 1.29. The van der Waals surface area contributed by atoms with Crippen molar-refractivity contribution in [2.45, 2.75) is 25.4 Å². The number of hydrogen-bond acceptors (Lipinski definition) is 4. The van der Waals surface area contributed by atoms with Gasteiger partial charge in [0.1, 0.15) is 0 Å². The molecule has 4 nitrogen and oxygen atoms in total. The Kier molecular flexibility index (Phi) is 2.90. The molecule has 3 aliphatic heterocycles. The second-order valence-corrected chi connectivity index (χ2v) is 5.58. The molecule has 0 saturated carbocycles. The molecule has 4 rings (SSSR count). The molecule has 0 amide bonds. The molecule has 0 aliphatic carbocycles. The summed E-state index contributed by atoms with van der Waals surface area (Å²) in [5.74, 6) is -1.05. The Hall–Kier alpha value is -0.940. The van der Waals surface area contributed by atoms with Crippen LogP contribution < -0.4 is 5.73 Å². The van der Waals surface area contributed by atoms with E-state index in [1.165, 1.54) is 0 Å². The van der Waals surface area contributed by atoms with Gasteiger partial charge in [-0.15, -0.1) is 0 Å². The molecule has 4 heteroatoms. The van der Waals surface area contributed by atoms with E-state index in [2.05, 4.69) is 6.92 Å². The van der Waals surface area contributed by atoms with Crippen LogP contribution in [-0.4, -0.2) is 31.8 Å². The second-order valence-electron chi connectivity index (χ2n) is 5.58. The van der Waals surface area contributed by atoms with Crippen LogP contribution in [0.25, 0.3) is 0 Å². The van der Waals surface area contributed by atoms with E-state index in [-0.39, 0.29) is 11.5 Å². The molecule has 0 radical (unpaired) electrons. The zero-order valence-electron chi connectivity index (χ0n) is 10.6. The minimum Gasteiger partial charge on any atom is -0.325 e. The molecule has 2 N–H and O–H groups in total. The van der Waals surface area contributed by atoms with Crippen LogP contribution in [0.2, 0.25) is 0 Å². The fourth-order valence-electron chi connectivity index (χ4n) is 2.39. The number of ether oxygens (including phenoxy) is 3. The molecule has 18 heavy (non-hydrogen) atoms. The van der Waals surface area contributed by atoms with Gasteiger partial charge in [0.05, 0.1) is 25.9 Å². The summed E-state index contributed by atoms with van der Waals surface area (Å²) in [6.45, 7) is 4.04. The number of fused-ring (bicyclic) bond motifs is 3. The van der Waals surface area contributed by atoms with Gasteiger partial charge in [-0.3, -0.25) is 0 Å². The van der Waals surface area contributed by atoms with Crippen molar-refractivity contribution in [2.75, 3.05) is 19.8 Å². The van der Waals surface area contributed by atoms with E-state index >= 15 is 0 Å². The highest BCUT2D eigenvalue weighted by atomic mass is 16.9. The van der Waals surface area contributed by atoms with Crippen molar-refractivity contribution in [2.24, 2.45) is 11.1 Å². The van der Waals surface area contributed by atoms with Gasteiger partial charge in [-0.25, -0.2) is 0 Å². The molecular formula is C14H19NO3. The highest BCUT2D eigenvalue weighted by Gasteiger charge is 2.53. The standard InChI is InChI=1S/C14H19NO3/c1-13-8-16-14(17-9-13,18-10-13)12(15)7-11-5-3-2-4-6-11/h2-6,12H,7-10,15H2,1H3/t12-,13?,14?/m0/s1. The van der Waals surface area contributed by atoms with Gasteiger partial charge in [-0.05, 0) is 12.0 Å². The molecule has 0 spiro atoms. The van der Waals surface area contributed by atoms with Crippen molar-refractivity contribution in [3.05, 3.63) is 35.9 Å². The Morgan fingerprint density at radius 3 is 2.22 bits per heavy atom. The molecule has 2 bridgehead atoms. The van der Waals surface area contributed by atoms with Crippen molar-refractivity contribution in [3.8, 4) is 0 Å². The quantitative estimate of drug-likeness (QED) is 0.877. The number of hydrogen-bond donors (Lipinski definition) is 1. The fraction of sp³-hybridized carbons (Fsp3) is 0.571. The second kappa shape index (κ2) is 4.31. The number of rotatable bonds is 3. The smallest absolute Gasteiger partial charge is 0.299 e. The van der Waals surface area contributed by atoms with E-state index in [4.69, 9.17) is 19.9 Å². The lowest BCUT2D eigenvalue weighted by Gasteiger charge is -2.52. The molecule has 0 unspecified atom stereocenters. The van der Waals surface area contributed by atoms with E-state index in [0.717, 1.165) is 5.56 Å². The van der Waals surface area contributed by atoms with Crippen LogP contribution in [0.1, 0.15) is 12.5 Å². The number of benzene rings is 1. The zero-order chi connectivity index (χ0) is 12.6. The van der Waals surface area contributed by atoms with Crippen LogP contribution in [-0.2, 0) is 20.6 Å². The maximum atomic E-state index is 6.22. The van der Waals surface area contributed by atoms with Crippen LogP contribution in [0.4, 0.5) is 0 Å². The summed E-state index contributed by atoms with van der Waals surface area (Å²) in [5, 5.41) is 0. The number of nitrogens with two attached hydrogens (primary N) is 1. The summed E-state index contributed by atoms with van der Waals surface area (Å²) < 4.78 is 17.2. The monoisotopic (exact) mass is 249 g/mol. The predicted molar refractivity (Wildman–Crippen MR) is 66.8 cm³/mol. The van der Waals surface area contributed by atoms with E-state index in [1.54, 1.807) is 0 Å². The first-order chi connectivity index (χ1) is 8.62. The summed E-state index contributed by atoms with van der Waals surface area (Å²) in [7, 11) is 0. The highest BCUT2D eigenvalue weighted by molar-refractivity contribution is 5.16. The Labute approximate surface area is 107 Å². The van der Waals surface area contributed by atoms with E-state index in [1.807, 2.05) is 30.3 Å². The van der Waals surface area contributed by atoms with Crippen LogP contribution in [0.15, 0.2) is 30.3 Å². The van der Waals surface area contributed by atoms with Gasteiger partial charge < -0.3 is 19.9 Å². The highest BCUT2D eigenvalue weighted by Crippen LogP contribution is 2.39. The molecule has 3 heterocycles. The summed E-state index contributed by atoms with van der Waals surface area (Å²) in [5.41, 5.74) is 7.36. The van der Waals surface area contributed by atoms with E-state index < -0.39 is 5.97 Å². The summed E-state index contributed by atoms with van der Waals surface area (Å²) >= 11 is 0. The first-order valence-electron chi connectivity index (χ1n) is 6.33. The molecule has 3 aliphatic rings. The zero-order valence-corrected chi connectivity index (χ0v) is 10.6. The molecule has 1 atom stereocenters. The van der Waals surface area contributed by atoms with Crippen molar-refractivity contribution >= 4 is 0 Å². The van der Waals surface area contributed by atoms with E-state index in [9.17, 15) is 0 Å². The molecule has 1 aromatic rings.